The van der Waals surface area contributed by atoms with Crippen molar-refractivity contribution < 1.29 is 0 Å². The molecule has 6 rings (SSSR count). The van der Waals surface area contributed by atoms with E-state index in [1.165, 1.54) is 65.6 Å². The van der Waals surface area contributed by atoms with E-state index in [1.54, 1.807) is 0 Å². The van der Waals surface area contributed by atoms with E-state index in [-0.39, 0.29) is 0 Å². The van der Waals surface area contributed by atoms with E-state index in [2.05, 4.69) is 118 Å². The number of hydrogen-bond donors (Lipinski definition) is 0. The molecule has 0 aromatic heterocycles. The second-order valence-electron chi connectivity index (χ2n) is 11.9. The van der Waals surface area contributed by atoms with Crippen LogP contribution >= 0.6 is 18.6 Å². The Labute approximate surface area is 275 Å². The first-order valence-corrected chi connectivity index (χ1v) is 24.0. The molecule has 0 N–H and O–H groups in total. The predicted octanol–water partition coefficient (Wildman–Crippen LogP) is 6.08. The molecule has 230 valence electrons. The lowest BCUT2D eigenvalue weighted by molar-refractivity contribution is 0.512. The lowest BCUT2D eigenvalue weighted by Crippen LogP contribution is -2.54. The minimum atomic E-state index is -2.40. The van der Waals surface area contributed by atoms with E-state index in [0.29, 0.717) is 0 Å². The molecule has 0 radical (unpaired) electrons. The van der Waals surface area contributed by atoms with Crippen LogP contribution in [-0.2, 0) is 35.4 Å². The highest BCUT2D eigenvalue weighted by molar-refractivity contribution is 8.23. The standard InChI is InChI=1S/C33H45N4P3S3/c1-10-34(11-2)38(41)25-16-22(7)18-27-31(25)37-32-26(38)17-23(8)19-28(32)40(43,36(14-5)15-6)30-21-24(9)20-29(33(30)37)39(27,42)35(12-3)13-4/h16-21H,10-15H2,1-9H3. The van der Waals surface area contributed by atoms with Crippen LogP contribution in [0.4, 0.5) is 17.1 Å². The maximum absolute atomic E-state index is 7.12. The van der Waals surface area contributed by atoms with Crippen LogP contribution in [0.25, 0.3) is 0 Å². The number of nitrogens with zero attached hydrogens (tertiary/aromatic N) is 4. The van der Waals surface area contributed by atoms with E-state index in [4.69, 9.17) is 35.4 Å². The van der Waals surface area contributed by atoms with Crippen molar-refractivity contribution in [3.05, 3.63) is 53.1 Å². The van der Waals surface area contributed by atoms with Gasteiger partial charge < -0.3 is 4.90 Å². The molecule has 43 heavy (non-hydrogen) atoms. The van der Waals surface area contributed by atoms with Gasteiger partial charge in [-0.25, -0.2) is 0 Å². The molecule has 0 fully saturated rings. The summed E-state index contributed by atoms with van der Waals surface area (Å²) in [5.41, 5.74) is 7.63. The molecule has 4 nitrogen and oxygen atoms in total. The molecule has 0 amide bonds. The number of rotatable bonds is 9. The summed E-state index contributed by atoms with van der Waals surface area (Å²) in [5.74, 6) is 0. The first-order valence-electron chi connectivity index (χ1n) is 15.8. The fourth-order valence-electron chi connectivity index (χ4n) is 7.80. The van der Waals surface area contributed by atoms with Gasteiger partial charge in [-0.15, -0.1) is 0 Å². The van der Waals surface area contributed by atoms with E-state index in [9.17, 15) is 0 Å². The monoisotopic (exact) mass is 686 g/mol. The summed E-state index contributed by atoms with van der Waals surface area (Å²) < 4.78 is 7.77. The maximum atomic E-state index is 7.12. The molecule has 3 aromatic carbocycles. The summed E-state index contributed by atoms with van der Waals surface area (Å²) in [6.45, 7) is 25.8. The first kappa shape index (κ1) is 32.2. The van der Waals surface area contributed by atoms with Crippen LogP contribution < -0.4 is 36.7 Å². The van der Waals surface area contributed by atoms with Gasteiger partial charge in [0.2, 0.25) is 0 Å². The summed E-state index contributed by atoms with van der Waals surface area (Å²) >= 11 is 21.4. The van der Waals surface area contributed by atoms with Crippen LogP contribution in [0.1, 0.15) is 58.2 Å². The van der Waals surface area contributed by atoms with Gasteiger partial charge in [-0.2, -0.15) is 0 Å². The van der Waals surface area contributed by atoms with Crippen LogP contribution in [-0.4, -0.2) is 53.3 Å². The van der Waals surface area contributed by atoms with Gasteiger partial charge in [-0.3, -0.25) is 14.0 Å². The summed E-state index contributed by atoms with van der Waals surface area (Å²) in [5, 5.41) is 7.93. The zero-order valence-corrected chi connectivity index (χ0v) is 32.2. The van der Waals surface area contributed by atoms with Crippen molar-refractivity contribution in [2.45, 2.75) is 62.3 Å². The number of benzene rings is 3. The molecule has 0 aliphatic carbocycles. The van der Waals surface area contributed by atoms with Crippen LogP contribution in [0, 0.1) is 20.8 Å². The lowest BCUT2D eigenvalue weighted by Gasteiger charge is -2.55. The quantitative estimate of drug-likeness (QED) is 0.250. The first-order chi connectivity index (χ1) is 20.4. The maximum Gasteiger partial charge on any atom is 0.0751 e. The minimum absolute atomic E-state index is 0.911. The summed E-state index contributed by atoms with van der Waals surface area (Å²) in [6.07, 6.45) is -7.19. The molecule has 0 spiro atoms. The van der Waals surface area contributed by atoms with Crippen LogP contribution in [0.3, 0.4) is 0 Å². The highest BCUT2D eigenvalue weighted by Gasteiger charge is 2.54. The summed E-state index contributed by atoms with van der Waals surface area (Å²) in [4.78, 5) is 2.62. The van der Waals surface area contributed by atoms with Crippen molar-refractivity contribution in [2.75, 3.05) is 44.2 Å². The predicted molar refractivity (Wildman–Crippen MR) is 205 cm³/mol. The second-order valence-corrected chi connectivity index (χ2v) is 24.7. The van der Waals surface area contributed by atoms with Gasteiger partial charge >= 0.3 is 0 Å². The summed E-state index contributed by atoms with van der Waals surface area (Å²) in [6, 6.07) is 14.5. The second kappa shape index (κ2) is 11.2. The molecule has 10 heteroatoms. The smallest absolute Gasteiger partial charge is 0.0751 e. The largest absolute Gasteiger partial charge is 0.306 e. The van der Waals surface area contributed by atoms with Gasteiger partial charge in [0.25, 0.3) is 0 Å². The van der Waals surface area contributed by atoms with Gasteiger partial charge in [0, 0.05) is 71.1 Å². The molecule has 0 atom stereocenters. The normalized spacial score (nSPS) is 24.7. The van der Waals surface area contributed by atoms with Crippen molar-refractivity contribution in [3.63, 3.8) is 0 Å². The third kappa shape index (κ3) is 4.06. The Hall–Kier alpha value is -0.710. The fourth-order valence-corrected chi connectivity index (χ4v) is 23.0. The molecule has 3 heterocycles. The number of anilines is 3. The number of aryl methyl sites for hydroxylation is 3. The minimum Gasteiger partial charge on any atom is -0.306 e. The van der Waals surface area contributed by atoms with Gasteiger partial charge in [-0.1, -0.05) is 77.0 Å². The van der Waals surface area contributed by atoms with Crippen molar-refractivity contribution >= 4 is 103 Å². The van der Waals surface area contributed by atoms with Gasteiger partial charge in [-0.05, 0) is 73.9 Å². The molecule has 3 aromatic rings. The van der Waals surface area contributed by atoms with Gasteiger partial charge in [0.1, 0.15) is 0 Å². The third-order valence-corrected chi connectivity index (χ3v) is 25.3. The lowest BCUT2D eigenvalue weighted by atomic mass is 10.1. The highest BCUT2D eigenvalue weighted by atomic mass is 32.5. The Morgan fingerprint density at radius 1 is 0.442 bits per heavy atom. The van der Waals surface area contributed by atoms with Crippen molar-refractivity contribution in [1.82, 2.24) is 14.0 Å². The van der Waals surface area contributed by atoms with E-state index in [0.717, 1.165) is 39.3 Å². The van der Waals surface area contributed by atoms with Crippen LogP contribution in [0.15, 0.2) is 36.4 Å². The SMILES string of the molecule is CCN(CC)P1(=S)c2cc(C)cc3c2N2c4c1cc(C)cc4P(=S)(N(CC)CC)c1cc(C)cc(c12)P3(=S)N(CC)CC. The Bertz CT molecular complexity index is 1510. The zero-order chi connectivity index (χ0) is 31.2. The Morgan fingerprint density at radius 2 is 0.628 bits per heavy atom. The average Bonchev–Trinajstić information content (AvgIpc) is 2.98. The topological polar surface area (TPSA) is 13.0 Å². The zero-order valence-electron chi connectivity index (χ0n) is 27.1. The van der Waals surface area contributed by atoms with E-state index >= 15 is 0 Å². The molecule has 0 unspecified atom stereocenters. The van der Waals surface area contributed by atoms with Crippen molar-refractivity contribution in [1.29, 1.82) is 0 Å². The van der Waals surface area contributed by atoms with Crippen molar-refractivity contribution in [2.24, 2.45) is 0 Å². The highest BCUT2D eigenvalue weighted by Crippen LogP contribution is 2.68. The number of hydrogen-bond acceptors (Lipinski definition) is 4. The fraction of sp³-hybridized carbons (Fsp3) is 0.455. The van der Waals surface area contributed by atoms with Crippen molar-refractivity contribution in [3.8, 4) is 0 Å². The van der Waals surface area contributed by atoms with E-state index < -0.39 is 18.6 Å². The molecule has 0 saturated heterocycles. The van der Waals surface area contributed by atoms with E-state index in [1.807, 2.05) is 0 Å². The van der Waals surface area contributed by atoms with Gasteiger partial charge in [0.05, 0.1) is 35.6 Å². The van der Waals surface area contributed by atoms with Gasteiger partial charge in [0.15, 0.2) is 0 Å². The Balaban J connectivity index is 1.94. The molecule has 3 aliphatic rings. The summed E-state index contributed by atoms with van der Waals surface area (Å²) in [7, 11) is 0. The Morgan fingerprint density at radius 3 is 0.791 bits per heavy atom. The van der Waals surface area contributed by atoms with Crippen LogP contribution in [0.2, 0.25) is 0 Å². The average molecular weight is 687 g/mol. The molecule has 0 saturated carbocycles. The molecule has 3 aliphatic heterocycles. The Kier molecular flexibility index (Phi) is 8.41. The molecular weight excluding hydrogens is 642 g/mol. The molecular formula is C33H45N4P3S3. The third-order valence-electron chi connectivity index (χ3n) is 9.66. The molecule has 0 bridgehead atoms. The van der Waals surface area contributed by atoms with Crippen LogP contribution in [0.5, 0.6) is 0 Å².